The van der Waals surface area contributed by atoms with Crippen molar-refractivity contribution in [2.24, 2.45) is 0 Å². The van der Waals surface area contributed by atoms with E-state index in [1.165, 1.54) is 16.6 Å². The molecule has 4 heteroatoms. The summed E-state index contributed by atoms with van der Waals surface area (Å²) >= 11 is 6.07. The van der Waals surface area contributed by atoms with Crippen LogP contribution in [0.2, 0.25) is 5.02 Å². The first-order valence-corrected chi connectivity index (χ1v) is 7.10. The molecule has 0 saturated carbocycles. The van der Waals surface area contributed by atoms with Crippen LogP contribution in [0.15, 0.2) is 18.2 Å². The van der Waals surface area contributed by atoms with Gasteiger partial charge >= 0.3 is 0 Å². The van der Waals surface area contributed by atoms with Crippen LogP contribution >= 0.6 is 11.6 Å². The Kier molecular flexibility index (Phi) is 4.86. The average molecular weight is 281 g/mol. The van der Waals surface area contributed by atoms with Gasteiger partial charge in [-0.2, -0.15) is 0 Å². The highest BCUT2D eigenvalue weighted by molar-refractivity contribution is 6.31. The van der Waals surface area contributed by atoms with E-state index >= 15 is 0 Å². The van der Waals surface area contributed by atoms with Crippen molar-refractivity contribution in [1.29, 1.82) is 0 Å². The molecular formula is C15H21ClN2O. The van der Waals surface area contributed by atoms with Crippen molar-refractivity contribution >= 4 is 22.5 Å². The lowest BCUT2D eigenvalue weighted by atomic mass is 10.1. The van der Waals surface area contributed by atoms with Crippen molar-refractivity contribution in [3.05, 3.63) is 34.5 Å². The summed E-state index contributed by atoms with van der Waals surface area (Å²) in [7, 11) is 0. The molecular weight excluding hydrogens is 260 g/mol. The normalized spacial score (nSPS) is 13.1. The number of aliphatic hydroxyl groups excluding tert-OH is 1. The second kappa shape index (κ2) is 6.42. The quantitative estimate of drug-likeness (QED) is 0.762. The predicted molar refractivity (Wildman–Crippen MR) is 80.9 cm³/mol. The first kappa shape index (κ1) is 14.4. The highest BCUT2D eigenvalue weighted by Crippen LogP contribution is 2.25. The van der Waals surface area contributed by atoms with E-state index in [-0.39, 0.29) is 6.61 Å². The second-order valence-electron chi connectivity index (χ2n) is 5.04. The lowest BCUT2D eigenvalue weighted by Gasteiger charge is -2.12. The van der Waals surface area contributed by atoms with Crippen molar-refractivity contribution in [2.75, 3.05) is 13.2 Å². The Labute approximate surface area is 119 Å². The zero-order valence-corrected chi connectivity index (χ0v) is 12.2. The van der Waals surface area contributed by atoms with Crippen LogP contribution in [0.3, 0.4) is 0 Å². The Morgan fingerprint density at radius 2 is 2.21 bits per heavy atom. The van der Waals surface area contributed by atoms with Crippen LogP contribution < -0.4 is 5.32 Å². The van der Waals surface area contributed by atoms with Gasteiger partial charge < -0.3 is 15.4 Å². The van der Waals surface area contributed by atoms with Crippen LogP contribution in [-0.4, -0.2) is 29.3 Å². The third-order valence-corrected chi connectivity index (χ3v) is 3.75. The van der Waals surface area contributed by atoms with Gasteiger partial charge in [-0.05, 0) is 57.0 Å². The van der Waals surface area contributed by atoms with Crippen LogP contribution in [0.1, 0.15) is 24.6 Å². The van der Waals surface area contributed by atoms with Gasteiger partial charge in [-0.3, -0.25) is 0 Å². The molecule has 2 rings (SSSR count). The van der Waals surface area contributed by atoms with Crippen molar-refractivity contribution in [1.82, 2.24) is 10.3 Å². The van der Waals surface area contributed by atoms with E-state index in [0.29, 0.717) is 6.04 Å². The highest BCUT2D eigenvalue weighted by atomic mass is 35.5. The molecule has 3 nitrogen and oxygen atoms in total. The molecule has 0 aliphatic rings. The Morgan fingerprint density at radius 3 is 2.95 bits per heavy atom. The molecule has 3 N–H and O–H groups in total. The number of fused-ring (bicyclic) bond motifs is 1. The van der Waals surface area contributed by atoms with Gasteiger partial charge in [0.05, 0.1) is 0 Å². The zero-order valence-electron chi connectivity index (χ0n) is 11.5. The molecule has 0 aliphatic carbocycles. The number of H-pyrrole nitrogens is 1. The fourth-order valence-electron chi connectivity index (χ4n) is 2.42. The average Bonchev–Trinajstić information content (AvgIpc) is 2.66. The third-order valence-electron chi connectivity index (χ3n) is 3.51. The monoisotopic (exact) mass is 280 g/mol. The summed E-state index contributed by atoms with van der Waals surface area (Å²) in [5.41, 5.74) is 3.66. The second-order valence-corrected chi connectivity index (χ2v) is 5.47. The van der Waals surface area contributed by atoms with Crippen molar-refractivity contribution in [2.45, 2.75) is 32.7 Å². The van der Waals surface area contributed by atoms with E-state index < -0.39 is 0 Å². The minimum Gasteiger partial charge on any atom is -0.396 e. The summed E-state index contributed by atoms with van der Waals surface area (Å²) in [6.07, 6.45) is 1.75. The minimum absolute atomic E-state index is 0.232. The van der Waals surface area contributed by atoms with Gasteiger partial charge in [-0.1, -0.05) is 11.6 Å². The van der Waals surface area contributed by atoms with Crippen molar-refractivity contribution < 1.29 is 5.11 Å². The largest absolute Gasteiger partial charge is 0.396 e. The van der Waals surface area contributed by atoms with E-state index in [4.69, 9.17) is 16.7 Å². The van der Waals surface area contributed by atoms with Gasteiger partial charge in [-0.15, -0.1) is 0 Å². The van der Waals surface area contributed by atoms with Gasteiger partial charge in [0.2, 0.25) is 0 Å². The molecule has 0 radical (unpaired) electrons. The molecule has 1 aromatic heterocycles. The number of aliphatic hydroxyl groups is 1. The SMILES string of the molecule is Cc1[nH]c2ccc(Cl)cc2c1CCN[C@H](C)CCO. The number of aromatic nitrogens is 1. The van der Waals surface area contributed by atoms with Gasteiger partial charge in [0.25, 0.3) is 0 Å². The fourth-order valence-corrected chi connectivity index (χ4v) is 2.59. The Morgan fingerprint density at radius 1 is 1.42 bits per heavy atom. The van der Waals surface area contributed by atoms with E-state index in [1.54, 1.807) is 0 Å². The summed E-state index contributed by atoms with van der Waals surface area (Å²) in [6, 6.07) is 6.30. The Balaban J connectivity index is 2.07. The summed E-state index contributed by atoms with van der Waals surface area (Å²) < 4.78 is 0. The highest BCUT2D eigenvalue weighted by Gasteiger charge is 2.09. The molecule has 1 aromatic carbocycles. The maximum Gasteiger partial charge on any atom is 0.0459 e. The molecule has 19 heavy (non-hydrogen) atoms. The Bertz CT molecular complexity index is 550. The molecule has 104 valence electrons. The third kappa shape index (κ3) is 3.50. The lowest BCUT2D eigenvalue weighted by molar-refractivity contribution is 0.269. The standard InChI is InChI=1S/C15H21ClN2O/c1-10(6-8-19)17-7-5-13-11(2)18-15-4-3-12(16)9-14(13)15/h3-4,9-10,17-19H,5-8H2,1-2H3/t10-/m1/s1. The van der Waals surface area contributed by atoms with Crippen molar-refractivity contribution in [3.8, 4) is 0 Å². The summed E-state index contributed by atoms with van der Waals surface area (Å²) in [4.78, 5) is 3.39. The molecule has 0 saturated heterocycles. The first-order valence-electron chi connectivity index (χ1n) is 6.72. The van der Waals surface area contributed by atoms with Crippen LogP contribution in [0.25, 0.3) is 10.9 Å². The van der Waals surface area contributed by atoms with E-state index in [2.05, 4.69) is 24.1 Å². The number of nitrogens with one attached hydrogen (secondary N) is 2. The van der Waals surface area contributed by atoms with Crippen LogP contribution in [0.4, 0.5) is 0 Å². The summed E-state index contributed by atoms with van der Waals surface area (Å²) in [6.45, 7) is 5.33. The number of hydrogen-bond acceptors (Lipinski definition) is 2. The number of halogens is 1. The van der Waals surface area contributed by atoms with E-state index in [1.807, 2.05) is 18.2 Å². The number of benzene rings is 1. The number of hydrogen-bond donors (Lipinski definition) is 3. The van der Waals surface area contributed by atoms with Crippen molar-refractivity contribution in [3.63, 3.8) is 0 Å². The van der Waals surface area contributed by atoms with E-state index in [9.17, 15) is 0 Å². The van der Waals surface area contributed by atoms with Gasteiger partial charge in [0, 0.05) is 34.3 Å². The number of rotatable bonds is 6. The maximum absolute atomic E-state index is 8.88. The lowest BCUT2D eigenvalue weighted by Crippen LogP contribution is -2.28. The number of aromatic amines is 1. The topological polar surface area (TPSA) is 48.0 Å². The molecule has 1 atom stereocenters. The molecule has 2 aromatic rings. The molecule has 0 amide bonds. The van der Waals surface area contributed by atoms with Gasteiger partial charge in [0.1, 0.15) is 0 Å². The summed E-state index contributed by atoms with van der Waals surface area (Å²) in [5.74, 6) is 0. The van der Waals surface area contributed by atoms with E-state index in [0.717, 1.165) is 29.9 Å². The van der Waals surface area contributed by atoms with Gasteiger partial charge in [0.15, 0.2) is 0 Å². The molecule has 0 unspecified atom stereocenters. The molecule has 1 heterocycles. The fraction of sp³-hybridized carbons (Fsp3) is 0.467. The summed E-state index contributed by atoms with van der Waals surface area (Å²) in [5, 5.41) is 14.3. The number of aryl methyl sites for hydroxylation is 1. The molecule has 0 spiro atoms. The van der Waals surface area contributed by atoms with Crippen LogP contribution in [0.5, 0.6) is 0 Å². The molecule has 0 bridgehead atoms. The minimum atomic E-state index is 0.232. The molecule has 0 fully saturated rings. The smallest absolute Gasteiger partial charge is 0.0459 e. The van der Waals surface area contributed by atoms with Crippen LogP contribution in [-0.2, 0) is 6.42 Å². The molecule has 0 aliphatic heterocycles. The maximum atomic E-state index is 8.88. The van der Waals surface area contributed by atoms with Crippen LogP contribution in [0, 0.1) is 6.92 Å². The predicted octanol–water partition coefficient (Wildman–Crippen LogP) is 3.03. The first-order chi connectivity index (χ1) is 9.11. The Hall–Kier alpha value is -1.03. The van der Waals surface area contributed by atoms with Gasteiger partial charge in [-0.25, -0.2) is 0 Å². The zero-order chi connectivity index (χ0) is 13.8.